The molecular formula is C13H20N2O2S. The van der Waals surface area contributed by atoms with Gasteiger partial charge in [-0.25, -0.2) is 13.6 Å². The minimum absolute atomic E-state index is 0.197. The molecule has 0 saturated carbocycles. The third-order valence-electron chi connectivity index (χ3n) is 3.49. The molecule has 1 saturated heterocycles. The van der Waals surface area contributed by atoms with Gasteiger partial charge < -0.3 is 0 Å². The van der Waals surface area contributed by atoms with Crippen LogP contribution in [-0.2, 0) is 16.6 Å². The van der Waals surface area contributed by atoms with E-state index in [-0.39, 0.29) is 4.90 Å². The Morgan fingerprint density at radius 1 is 1.22 bits per heavy atom. The highest BCUT2D eigenvalue weighted by Crippen LogP contribution is 2.18. The molecule has 1 aromatic carbocycles. The first kappa shape index (κ1) is 13.5. The molecule has 1 aliphatic rings. The fraction of sp³-hybridized carbons (Fsp3) is 0.538. The summed E-state index contributed by atoms with van der Waals surface area (Å²) in [6.07, 6.45) is 3.84. The van der Waals surface area contributed by atoms with Crippen molar-refractivity contribution in [2.45, 2.75) is 37.6 Å². The summed E-state index contributed by atoms with van der Waals surface area (Å²) >= 11 is 0. The highest BCUT2D eigenvalue weighted by Gasteiger charge is 2.13. The number of nitrogens with two attached hydrogens (primary N) is 1. The van der Waals surface area contributed by atoms with Gasteiger partial charge in [0.2, 0.25) is 10.0 Å². The van der Waals surface area contributed by atoms with Crippen LogP contribution < -0.4 is 5.14 Å². The summed E-state index contributed by atoms with van der Waals surface area (Å²) in [6, 6.07) is 5.14. The Morgan fingerprint density at radius 3 is 2.44 bits per heavy atom. The second-order valence-electron chi connectivity index (χ2n) is 4.97. The van der Waals surface area contributed by atoms with Gasteiger partial charge in [-0.2, -0.15) is 0 Å². The lowest BCUT2D eigenvalue weighted by Gasteiger charge is -2.27. The maximum Gasteiger partial charge on any atom is 0.238 e. The standard InChI is InChI=1S/C13H20N2O2S/c1-11-9-13(18(14,16)17)6-5-12(11)10-15-7-3-2-4-8-15/h5-6,9H,2-4,7-8,10H2,1H3,(H2,14,16,17). The molecule has 18 heavy (non-hydrogen) atoms. The van der Waals surface area contributed by atoms with Gasteiger partial charge in [0, 0.05) is 6.54 Å². The van der Waals surface area contributed by atoms with Crippen LogP contribution >= 0.6 is 0 Å². The average Bonchev–Trinajstić information content (AvgIpc) is 2.32. The highest BCUT2D eigenvalue weighted by atomic mass is 32.2. The molecule has 1 fully saturated rings. The van der Waals surface area contributed by atoms with E-state index in [4.69, 9.17) is 5.14 Å². The molecule has 0 spiro atoms. The lowest BCUT2D eigenvalue weighted by atomic mass is 10.1. The zero-order valence-corrected chi connectivity index (χ0v) is 11.5. The number of benzene rings is 1. The number of primary sulfonamides is 1. The minimum Gasteiger partial charge on any atom is -0.299 e. The maximum absolute atomic E-state index is 11.3. The number of nitrogens with zero attached hydrogens (tertiary/aromatic N) is 1. The van der Waals surface area contributed by atoms with E-state index in [0.29, 0.717) is 0 Å². The lowest BCUT2D eigenvalue weighted by Crippen LogP contribution is -2.29. The van der Waals surface area contributed by atoms with Gasteiger partial charge in [-0.1, -0.05) is 12.5 Å². The Balaban J connectivity index is 2.14. The first-order chi connectivity index (χ1) is 8.47. The van der Waals surface area contributed by atoms with Crippen LogP contribution in [0.1, 0.15) is 30.4 Å². The molecule has 2 rings (SSSR count). The van der Waals surface area contributed by atoms with Gasteiger partial charge >= 0.3 is 0 Å². The summed E-state index contributed by atoms with van der Waals surface area (Å²) < 4.78 is 22.5. The van der Waals surface area contributed by atoms with Crippen molar-refractivity contribution in [2.75, 3.05) is 13.1 Å². The quantitative estimate of drug-likeness (QED) is 0.906. The van der Waals surface area contributed by atoms with Crippen molar-refractivity contribution < 1.29 is 8.42 Å². The largest absolute Gasteiger partial charge is 0.299 e. The van der Waals surface area contributed by atoms with Crippen molar-refractivity contribution in [1.29, 1.82) is 0 Å². The number of hydrogen-bond acceptors (Lipinski definition) is 3. The van der Waals surface area contributed by atoms with Crippen molar-refractivity contribution >= 4 is 10.0 Å². The third kappa shape index (κ3) is 3.31. The molecule has 1 heterocycles. The molecule has 2 N–H and O–H groups in total. The summed E-state index contributed by atoms with van der Waals surface area (Å²) in [5.41, 5.74) is 2.18. The minimum atomic E-state index is -3.59. The summed E-state index contributed by atoms with van der Waals surface area (Å²) in [5.74, 6) is 0. The molecule has 0 amide bonds. The smallest absolute Gasteiger partial charge is 0.238 e. The van der Waals surface area contributed by atoms with E-state index < -0.39 is 10.0 Å². The molecule has 0 aromatic heterocycles. The fourth-order valence-corrected chi connectivity index (χ4v) is 2.98. The van der Waals surface area contributed by atoms with Gasteiger partial charge in [-0.3, -0.25) is 4.90 Å². The van der Waals surface area contributed by atoms with Crippen LogP contribution in [-0.4, -0.2) is 26.4 Å². The first-order valence-corrected chi connectivity index (χ1v) is 7.86. The third-order valence-corrected chi connectivity index (χ3v) is 4.40. The second-order valence-corrected chi connectivity index (χ2v) is 6.53. The zero-order valence-electron chi connectivity index (χ0n) is 10.7. The summed E-state index contributed by atoms with van der Waals surface area (Å²) in [7, 11) is -3.59. The van der Waals surface area contributed by atoms with Crippen LogP contribution in [0, 0.1) is 6.92 Å². The Kier molecular flexibility index (Phi) is 4.04. The Hall–Kier alpha value is -0.910. The van der Waals surface area contributed by atoms with Gasteiger partial charge in [-0.15, -0.1) is 0 Å². The van der Waals surface area contributed by atoms with Crippen LogP contribution in [0.15, 0.2) is 23.1 Å². The molecule has 5 heteroatoms. The molecule has 0 atom stereocenters. The van der Waals surface area contributed by atoms with Crippen molar-refractivity contribution in [2.24, 2.45) is 5.14 Å². The van der Waals surface area contributed by atoms with Crippen LogP contribution in [0.5, 0.6) is 0 Å². The topological polar surface area (TPSA) is 63.4 Å². The number of likely N-dealkylation sites (tertiary alicyclic amines) is 1. The van der Waals surface area contributed by atoms with Crippen LogP contribution in [0.2, 0.25) is 0 Å². The van der Waals surface area contributed by atoms with E-state index in [9.17, 15) is 8.42 Å². The molecule has 1 aromatic rings. The predicted octanol–water partition coefficient (Wildman–Crippen LogP) is 1.63. The number of rotatable bonds is 3. The Bertz CT molecular complexity index is 520. The predicted molar refractivity (Wildman–Crippen MR) is 71.7 cm³/mol. The van der Waals surface area contributed by atoms with Crippen molar-refractivity contribution in [3.05, 3.63) is 29.3 Å². The molecule has 100 valence electrons. The van der Waals surface area contributed by atoms with Crippen LogP contribution in [0.4, 0.5) is 0 Å². The van der Waals surface area contributed by atoms with Gasteiger partial charge in [0.15, 0.2) is 0 Å². The highest BCUT2D eigenvalue weighted by molar-refractivity contribution is 7.89. The summed E-state index contributed by atoms with van der Waals surface area (Å²) in [4.78, 5) is 2.62. The van der Waals surface area contributed by atoms with Crippen molar-refractivity contribution in [1.82, 2.24) is 4.90 Å². The molecule has 0 unspecified atom stereocenters. The Labute approximate surface area is 109 Å². The molecule has 0 radical (unpaired) electrons. The molecular weight excluding hydrogens is 248 g/mol. The monoisotopic (exact) mass is 268 g/mol. The van der Waals surface area contributed by atoms with E-state index in [1.54, 1.807) is 12.1 Å². The summed E-state index contributed by atoms with van der Waals surface area (Å²) in [6.45, 7) is 5.11. The first-order valence-electron chi connectivity index (χ1n) is 6.31. The van der Waals surface area contributed by atoms with E-state index in [2.05, 4.69) is 4.90 Å². The van der Waals surface area contributed by atoms with E-state index in [0.717, 1.165) is 25.2 Å². The number of aryl methyl sites for hydroxylation is 1. The zero-order chi connectivity index (χ0) is 13.2. The molecule has 0 bridgehead atoms. The Morgan fingerprint density at radius 2 is 1.89 bits per heavy atom. The summed E-state index contributed by atoms with van der Waals surface area (Å²) in [5, 5.41) is 5.12. The number of sulfonamides is 1. The number of piperidine rings is 1. The molecule has 4 nitrogen and oxygen atoms in total. The maximum atomic E-state index is 11.3. The van der Waals surface area contributed by atoms with Gasteiger partial charge in [-0.05, 0) is 56.1 Å². The average molecular weight is 268 g/mol. The normalized spacial score (nSPS) is 17.9. The second kappa shape index (κ2) is 5.38. The van der Waals surface area contributed by atoms with Gasteiger partial charge in [0.25, 0.3) is 0 Å². The van der Waals surface area contributed by atoms with Gasteiger partial charge in [0.05, 0.1) is 4.90 Å². The van der Waals surface area contributed by atoms with Gasteiger partial charge in [0.1, 0.15) is 0 Å². The van der Waals surface area contributed by atoms with E-state index in [1.165, 1.54) is 24.8 Å². The SMILES string of the molecule is Cc1cc(S(N)(=O)=O)ccc1CN1CCCCC1. The molecule has 0 aliphatic carbocycles. The van der Waals surface area contributed by atoms with Crippen molar-refractivity contribution in [3.63, 3.8) is 0 Å². The molecule has 1 aliphatic heterocycles. The fourth-order valence-electron chi connectivity index (χ4n) is 2.38. The van der Waals surface area contributed by atoms with Crippen LogP contribution in [0.3, 0.4) is 0 Å². The van der Waals surface area contributed by atoms with E-state index >= 15 is 0 Å². The lowest BCUT2D eigenvalue weighted by molar-refractivity contribution is 0.220. The van der Waals surface area contributed by atoms with E-state index in [1.807, 2.05) is 13.0 Å². The van der Waals surface area contributed by atoms with Crippen LogP contribution in [0.25, 0.3) is 0 Å². The number of hydrogen-bond donors (Lipinski definition) is 1. The van der Waals surface area contributed by atoms with Crippen molar-refractivity contribution in [3.8, 4) is 0 Å².